The average molecular weight is 301 g/mol. The molecule has 1 fully saturated rings. The van der Waals surface area contributed by atoms with Crippen LogP contribution in [0.2, 0.25) is 0 Å². The summed E-state index contributed by atoms with van der Waals surface area (Å²) in [4.78, 5) is 7.42. The zero-order valence-electron chi connectivity index (χ0n) is 12.1. The van der Waals surface area contributed by atoms with Crippen LogP contribution in [-0.2, 0) is 4.74 Å². The fourth-order valence-corrected chi connectivity index (χ4v) is 2.87. The molecule has 1 aliphatic rings. The van der Waals surface area contributed by atoms with E-state index >= 15 is 0 Å². The number of aromatic nitrogens is 1. The summed E-state index contributed by atoms with van der Waals surface area (Å²) in [6, 6.07) is 10.1. The Bertz CT molecular complexity index is 674. The molecule has 5 heteroatoms. The van der Waals surface area contributed by atoms with E-state index in [-0.39, 0.29) is 6.10 Å². The molecule has 1 aromatic heterocycles. The van der Waals surface area contributed by atoms with Gasteiger partial charge in [0, 0.05) is 25.1 Å². The van der Waals surface area contributed by atoms with E-state index in [4.69, 9.17) is 27.7 Å². The molecule has 21 heavy (non-hydrogen) atoms. The van der Waals surface area contributed by atoms with Gasteiger partial charge >= 0.3 is 0 Å². The smallest absolute Gasteiger partial charge is 0.139 e. The molecule has 0 bridgehead atoms. The molecule has 0 saturated carbocycles. The topological polar surface area (TPSA) is 51.4 Å². The maximum Gasteiger partial charge on any atom is 0.139 e. The lowest BCUT2D eigenvalue weighted by molar-refractivity contribution is 0.0820. The fourth-order valence-electron chi connectivity index (χ4n) is 2.71. The van der Waals surface area contributed by atoms with Gasteiger partial charge < -0.3 is 15.4 Å². The van der Waals surface area contributed by atoms with Gasteiger partial charge in [0.25, 0.3) is 0 Å². The standard InChI is InChI=1S/C16H19N3OS/c1-11-10-19(7-4-8-20-11)16-13(15(17)21)9-12-5-2-3-6-14(12)18-16/h2-3,5-6,9,11H,4,7-8,10H2,1H3,(H2,17,21). The molecule has 1 atom stereocenters. The summed E-state index contributed by atoms with van der Waals surface area (Å²) < 4.78 is 5.71. The van der Waals surface area contributed by atoms with E-state index in [2.05, 4.69) is 11.8 Å². The molecule has 1 aliphatic heterocycles. The first-order valence-corrected chi connectivity index (χ1v) is 7.62. The van der Waals surface area contributed by atoms with E-state index in [1.165, 1.54) is 0 Å². The number of nitrogens with two attached hydrogens (primary N) is 1. The van der Waals surface area contributed by atoms with Gasteiger partial charge in [0.15, 0.2) is 0 Å². The Kier molecular flexibility index (Phi) is 4.03. The third-order valence-corrected chi connectivity index (χ3v) is 3.94. The summed E-state index contributed by atoms with van der Waals surface area (Å²) in [6.45, 7) is 4.58. The highest BCUT2D eigenvalue weighted by Gasteiger charge is 2.20. The predicted molar refractivity (Wildman–Crippen MR) is 89.9 cm³/mol. The first kappa shape index (κ1) is 14.2. The molecule has 4 nitrogen and oxygen atoms in total. The second-order valence-electron chi connectivity index (χ2n) is 5.40. The number of ether oxygens (including phenoxy) is 1. The number of fused-ring (bicyclic) bond motifs is 1. The third kappa shape index (κ3) is 2.99. The van der Waals surface area contributed by atoms with Gasteiger partial charge in [0.1, 0.15) is 10.8 Å². The van der Waals surface area contributed by atoms with Crippen LogP contribution in [-0.4, -0.2) is 35.8 Å². The zero-order chi connectivity index (χ0) is 14.8. The van der Waals surface area contributed by atoms with Crippen molar-refractivity contribution in [2.24, 2.45) is 5.73 Å². The molecule has 0 radical (unpaired) electrons. The number of anilines is 1. The summed E-state index contributed by atoms with van der Waals surface area (Å²) in [5.74, 6) is 0.874. The highest BCUT2D eigenvalue weighted by molar-refractivity contribution is 7.80. The summed E-state index contributed by atoms with van der Waals surface area (Å²) >= 11 is 5.22. The van der Waals surface area contributed by atoms with Gasteiger partial charge in [-0.25, -0.2) is 4.98 Å². The van der Waals surface area contributed by atoms with Gasteiger partial charge in [-0.3, -0.25) is 0 Å². The normalized spacial score (nSPS) is 19.5. The zero-order valence-corrected chi connectivity index (χ0v) is 12.9. The minimum atomic E-state index is 0.181. The van der Waals surface area contributed by atoms with Crippen LogP contribution in [0.1, 0.15) is 18.9 Å². The lowest BCUT2D eigenvalue weighted by Crippen LogP contribution is -2.32. The Hall–Kier alpha value is -1.72. The average Bonchev–Trinajstić information content (AvgIpc) is 2.70. The first-order valence-electron chi connectivity index (χ1n) is 7.21. The van der Waals surface area contributed by atoms with Crippen molar-refractivity contribution in [3.05, 3.63) is 35.9 Å². The van der Waals surface area contributed by atoms with Gasteiger partial charge in [0.05, 0.1) is 17.2 Å². The fraction of sp³-hybridized carbons (Fsp3) is 0.375. The van der Waals surface area contributed by atoms with Crippen LogP contribution in [0.4, 0.5) is 5.82 Å². The quantitative estimate of drug-likeness (QED) is 0.864. The minimum absolute atomic E-state index is 0.181. The molecule has 0 aliphatic carbocycles. The largest absolute Gasteiger partial charge is 0.389 e. The molecule has 3 rings (SSSR count). The van der Waals surface area contributed by atoms with Crippen molar-refractivity contribution in [2.45, 2.75) is 19.4 Å². The third-order valence-electron chi connectivity index (χ3n) is 3.72. The Morgan fingerprint density at radius 1 is 1.43 bits per heavy atom. The lowest BCUT2D eigenvalue weighted by Gasteiger charge is -2.25. The molecular formula is C16H19N3OS. The Labute approximate surface area is 129 Å². The first-order chi connectivity index (χ1) is 10.1. The van der Waals surface area contributed by atoms with E-state index < -0.39 is 0 Å². The number of pyridine rings is 1. The summed E-state index contributed by atoms with van der Waals surface area (Å²) in [5, 5.41) is 1.06. The van der Waals surface area contributed by atoms with Crippen LogP contribution in [0.15, 0.2) is 30.3 Å². The van der Waals surface area contributed by atoms with Crippen LogP contribution in [0, 0.1) is 0 Å². The van der Waals surface area contributed by atoms with Gasteiger partial charge in [-0.1, -0.05) is 30.4 Å². The summed E-state index contributed by atoms with van der Waals surface area (Å²) in [6.07, 6.45) is 1.16. The highest BCUT2D eigenvalue weighted by Crippen LogP contribution is 2.25. The molecule has 1 aromatic carbocycles. The van der Waals surface area contributed by atoms with Crippen molar-refractivity contribution in [2.75, 3.05) is 24.6 Å². The second kappa shape index (κ2) is 5.95. The molecule has 1 unspecified atom stereocenters. The second-order valence-corrected chi connectivity index (χ2v) is 5.84. The maximum absolute atomic E-state index is 5.92. The van der Waals surface area contributed by atoms with Crippen molar-refractivity contribution < 1.29 is 4.74 Å². The molecular weight excluding hydrogens is 282 g/mol. The van der Waals surface area contributed by atoms with Crippen LogP contribution in [0.3, 0.4) is 0 Å². The van der Waals surface area contributed by atoms with Crippen molar-refractivity contribution in [1.82, 2.24) is 4.98 Å². The number of nitrogens with zero attached hydrogens (tertiary/aromatic N) is 2. The Morgan fingerprint density at radius 3 is 3.05 bits per heavy atom. The Morgan fingerprint density at radius 2 is 2.24 bits per heavy atom. The summed E-state index contributed by atoms with van der Waals surface area (Å²) in [7, 11) is 0. The maximum atomic E-state index is 5.92. The Balaban J connectivity index is 2.10. The predicted octanol–water partition coefficient (Wildman–Crippen LogP) is 2.48. The number of benzene rings is 1. The number of thiocarbonyl (C=S) groups is 1. The van der Waals surface area contributed by atoms with E-state index in [0.717, 1.165) is 48.4 Å². The van der Waals surface area contributed by atoms with Gasteiger partial charge in [-0.15, -0.1) is 0 Å². The number of hydrogen-bond acceptors (Lipinski definition) is 4. The number of rotatable bonds is 2. The highest BCUT2D eigenvalue weighted by atomic mass is 32.1. The SMILES string of the molecule is CC1CN(c2nc3ccccc3cc2C(N)=S)CCCO1. The monoisotopic (exact) mass is 301 g/mol. The van der Waals surface area contributed by atoms with Crippen LogP contribution in [0.5, 0.6) is 0 Å². The van der Waals surface area contributed by atoms with Crippen molar-refractivity contribution >= 4 is 33.9 Å². The van der Waals surface area contributed by atoms with Crippen LogP contribution in [0.25, 0.3) is 10.9 Å². The van der Waals surface area contributed by atoms with Gasteiger partial charge in [-0.2, -0.15) is 0 Å². The lowest BCUT2D eigenvalue weighted by atomic mass is 10.1. The molecule has 110 valence electrons. The molecule has 0 amide bonds. The van der Waals surface area contributed by atoms with E-state index in [1.54, 1.807) is 0 Å². The van der Waals surface area contributed by atoms with Crippen LogP contribution >= 0.6 is 12.2 Å². The molecule has 2 heterocycles. The molecule has 0 spiro atoms. The van der Waals surface area contributed by atoms with Crippen LogP contribution < -0.4 is 10.6 Å². The van der Waals surface area contributed by atoms with E-state index in [0.29, 0.717) is 4.99 Å². The van der Waals surface area contributed by atoms with E-state index in [1.807, 2.05) is 30.3 Å². The molecule has 2 aromatic rings. The number of para-hydroxylation sites is 1. The van der Waals surface area contributed by atoms with Gasteiger partial charge in [-0.05, 0) is 25.5 Å². The van der Waals surface area contributed by atoms with Crippen molar-refractivity contribution in [3.63, 3.8) is 0 Å². The summed E-state index contributed by atoms with van der Waals surface area (Å²) in [5.41, 5.74) is 7.73. The number of hydrogen-bond donors (Lipinski definition) is 1. The molecule has 1 saturated heterocycles. The van der Waals surface area contributed by atoms with E-state index in [9.17, 15) is 0 Å². The van der Waals surface area contributed by atoms with Gasteiger partial charge in [0.2, 0.25) is 0 Å². The minimum Gasteiger partial charge on any atom is -0.389 e. The van der Waals surface area contributed by atoms with Crippen molar-refractivity contribution in [1.29, 1.82) is 0 Å². The van der Waals surface area contributed by atoms with Crippen molar-refractivity contribution in [3.8, 4) is 0 Å². The molecule has 2 N–H and O–H groups in total.